The van der Waals surface area contributed by atoms with Crippen LogP contribution in [-0.2, 0) is 10.0 Å². The average molecular weight is 342 g/mol. The maximum atomic E-state index is 12.4. The molecule has 2 aromatic carbocycles. The molecule has 0 radical (unpaired) electrons. The van der Waals surface area contributed by atoms with Gasteiger partial charge in [0, 0.05) is 0 Å². The van der Waals surface area contributed by atoms with Crippen LogP contribution in [0.15, 0.2) is 47.4 Å². The minimum atomic E-state index is -3.76. The minimum Gasteiger partial charge on any atom is -0.491 e. The molecule has 0 aliphatic carbocycles. The first-order valence-corrected chi connectivity index (χ1v) is 8.42. The second kappa shape index (κ2) is 7.00. The van der Waals surface area contributed by atoms with Crippen LogP contribution in [0.5, 0.6) is 5.75 Å². The number of ether oxygens (including phenoxy) is 1. The van der Waals surface area contributed by atoms with E-state index in [1.165, 1.54) is 12.1 Å². The van der Waals surface area contributed by atoms with E-state index in [0.29, 0.717) is 17.0 Å². The Morgan fingerprint density at radius 3 is 2.59 bits per heavy atom. The Labute approximate surface area is 134 Å². The molecule has 0 heterocycles. The lowest BCUT2D eigenvalue weighted by molar-refractivity contribution is 0.201. The molecule has 0 unspecified atom stereocenters. The number of rotatable bonds is 6. The fourth-order valence-corrected chi connectivity index (χ4v) is 3.52. The van der Waals surface area contributed by atoms with Crippen molar-refractivity contribution in [3.8, 4) is 5.75 Å². The van der Waals surface area contributed by atoms with Gasteiger partial charge in [-0.15, -0.1) is 0 Å². The van der Waals surface area contributed by atoms with Crippen molar-refractivity contribution >= 4 is 27.3 Å². The molecule has 118 valence electrons. The Morgan fingerprint density at radius 1 is 1.23 bits per heavy atom. The zero-order chi connectivity index (χ0) is 16.2. The van der Waals surface area contributed by atoms with Gasteiger partial charge in [0.15, 0.2) is 0 Å². The standard InChI is InChI=1S/C15H16ClNO4S/c1-11-10-12(21-9-8-18)6-7-14(11)17-22(19,20)15-5-3-2-4-13(15)16/h2-7,10,17-18H,8-9H2,1H3. The van der Waals surface area contributed by atoms with Crippen molar-refractivity contribution < 1.29 is 18.3 Å². The number of benzene rings is 2. The van der Waals surface area contributed by atoms with Gasteiger partial charge in [-0.2, -0.15) is 0 Å². The highest BCUT2D eigenvalue weighted by atomic mass is 35.5. The van der Waals surface area contributed by atoms with Gasteiger partial charge in [0.25, 0.3) is 10.0 Å². The summed E-state index contributed by atoms with van der Waals surface area (Å²) < 4.78 is 32.5. The SMILES string of the molecule is Cc1cc(OCCO)ccc1NS(=O)(=O)c1ccccc1Cl. The van der Waals surface area contributed by atoms with Crippen LogP contribution in [0, 0.1) is 6.92 Å². The topological polar surface area (TPSA) is 75.6 Å². The van der Waals surface area contributed by atoms with Crippen molar-refractivity contribution in [2.75, 3.05) is 17.9 Å². The molecule has 0 aromatic heterocycles. The van der Waals surface area contributed by atoms with E-state index in [0.717, 1.165) is 0 Å². The van der Waals surface area contributed by atoms with Crippen molar-refractivity contribution in [2.24, 2.45) is 0 Å². The number of hydrogen-bond acceptors (Lipinski definition) is 4. The van der Waals surface area contributed by atoms with Crippen molar-refractivity contribution in [3.05, 3.63) is 53.1 Å². The predicted molar refractivity (Wildman–Crippen MR) is 86.0 cm³/mol. The monoisotopic (exact) mass is 341 g/mol. The van der Waals surface area contributed by atoms with E-state index in [2.05, 4.69) is 4.72 Å². The number of halogens is 1. The molecule has 0 saturated heterocycles. The van der Waals surface area contributed by atoms with Crippen LogP contribution >= 0.6 is 11.6 Å². The molecule has 0 aliphatic rings. The summed E-state index contributed by atoms with van der Waals surface area (Å²) in [6, 6.07) is 11.2. The van der Waals surface area contributed by atoms with E-state index in [4.69, 9.17) is 21.4 Å². The van der Waals surface area contributed by atoms with Gasteiger partial charge >= 0.3 is 0 Å². The van der Waals surface area contributed by atoms with Gasteiger partial charge in [0.05, 0.1) is 17.3 Å². The summed E-state index contributed by atoms with van der Waals surface area (Å²) in [5, 5.41) is 8.89. The molecule has 0 fully saturated rings. The van der Waals surface area contributed by atoms with Crippen LogP contribution in [0.2, 0.25) is 5.02 Å². The lowest BCUT2D eigenvalue weighted by Crippen LogP contribution is -2.14. The van der Waals surface area contributed by atoms with E-state index in [9.17, 15) is 8.42 Å². The second-order valence-electron chi connectivity index (χ2n) is 4.58. The number of anilines is 1. The van der Waals surface area contributed by atoms with Crippen LogP contribution in [0.3, 0.4) is 0 Å². The molecule has 22 heavy (non-hydrogen) atoms. The molecule has 0 amide bonds. The maximum Gasteiger partial charge on any atom is 0.263 e. The number of sulfonamides is 1. The molecule has 0 saturated carbocycles. The number of aliphatic hydroxyl groups excluding tert-OH is 1. The van der Waals surface area contributed by atoms with Crippen LogP contribution in [0.1, 0.15) is 5.56 Å². The smallest absolute Gasteiger partial charge is 0.263 e. The summed E-state index contributed by atoms with van der Waals surface area (Å²) >= 11 is 5.93. The van der Waals surface area contributed by atoms with Gasteiger partial charge in [-0.25, -0.2) is 8.42 Å². The Kier molecular flexibility index (Phi) is 5.28. The highest BCUT2D eigenvalue weighted by Gasteiger charge is 2.18. The maximum absolute atomic E-state index is 12.4. The average Bonchev–Trinajstić information content (AvgIpc) is 2.48. The van der Waals surface area contributed by atoms with Crippen LogP contribution in [0.25, 0.3) is 0 Å². The quantitative estimate of drug-likeness (QED) is 0.847. The van der Waals surface area contributed by atoms with Crippen molar-refractivity contribution in [3.63, 3.8) is 0 Å². The lowest BCUT2D eigenvalue weighted by atomic mass is 10.2. The zero-order valence-electron chi connectivity index (χ0n) is 11.9. The molecule has 0 aliphatic heterocycles. The molecule has 7 heteroatoms. The van der Waals surface area contributed by atoms with Crippen molar-refractivity contribution in [2.45, 2.75) is 11.8 Å². The number of hydrogen-bond donors (Lipinski definition) is 2. The van der Waals surface area contributed by atoms with E-state index in [-0.39, 0.29) is 23.1 Å². The van der Waals surface area contributed by atoms with E-state index in [1.54, 1.807) is 37.3 Å². The Morgan fingerprint density at radius 2 is 1.95 bits per heavy atom. The minimum absolute atomic E-state index is 0.0247. The number of aryl methyl sites for hydroxylation is 1. The van der Waals surface area contributed by atoms with Gasteiger partial charge in [-0.05, 0) is 42.8 Å². The van der Waals surface area contributed by atoms with Crippen LogP contribution in [-0.4, -0.2) is 26.7 Å². The third-order valence-electron chi connectivity index (χ3n) is 2.93. The fourth-order valence-electron chi connectivity index (χ4n) is 1.87. The molecule has 0 spiro atoms. The zero-order valence-corrected chi connectivity index (χ0v) is 13.5. The fraction of sp³-hybridized carbons (Fsp3) is 0.200. The molecule has 2 aromatic rings. The summed E-state index contributed by atoms with van der Waals surface area (Å²) in [5.41, 5.74) is 1.14. The summed E-state index contributed by atoms with van der Waals surface area (Å²) in [7, 11) is -3.76. The first-order chi connectivity index (χ1) is 10.4. The number of nitrogens with one attached hydrogen (secondary N) is 1. The largest absolute Gasteiger partial charge is 0.491 e. The molecular formula is C15H16ClNO4S. The molecular weight excluding hydrogens is 326 g/mol. The van der Waals surface area contributed by atoms with Gasteiger partial charge in [0.1, 0.15) is 17.3 Å². The summed E-state index contributed by atoms with van der Waals surface area (Å²) in [5.74, 6) is 0.562. The van der Waals surface area contributed by atoms with Crippen molar-refractivity contribution in [1.29, 1.82) is 0 Å². The number of aliphatic hydroxyl groups is 1. The highest BCUT2D eigenvalue weighted by molar-refractivity contribution is 7.92. The van der Waals surface area contributed by atoms with Crippen molar-refractivity contribution in [1.82, 2.24) is 0 Å². The third-order valence-corrected chi connectivity index (χ3v) is 4.79. The van der Waals surface area contributed by atoms with Crippen LogP contribution < -0.4 is 9.46 Å². The molecule has 0 bridgehead atoms. The summed E-state index contributed by atoms with van der Waals surface area (Å²) in [6.45, 7) is 1.86. The molecule has 5 nitrogen and oxygen atoms in total. The van der Waals surface area contributed by atoms with Gasteiger partial charge in [0.2, 0.25) is 0 Å². The molecule has 2 N–H and O–H groups in total. The van der Waals surface area contributed by atoms with Gasteiger partial charge in [-0.3, -0.25) is 4.72 Å². The normalized spacial score (nSPS) is 11.2. The Bertz CT molecular complexity index is 762. The summed E-state index contributed by atoms with van der Waals surface area (Å²) in [4.78, 5) is 0.0247. The molecule has 0 atom stereocenters. The summed E-state index contributed by atoms with van der Waals surface area (Å²) in [6.07, 6.45) is 0. The van der Waals surface area contributed by atoms with E-state index in [1.807, 2.05) is 0 Å². The second-order valence-corrected chi connectivity index (χ2v) is 6.64. The lowest BCUT2D eigenvalue weighted by Gasteiger charge is -2.13. The van der Waals surface area contributed by atoms with Crippen LogP contribution in [0.4, 0.5) is 5.69 Å². The predicted octanol–water partition coefficient (Wildman–Crippen LogP) is 2.82. The Balaban J connectivity index is 2.25. The van der Waals surface area contributed by atoms with E-state index < -0.39 is 10.0 Å². The van der Waals surface area contributed by atoms with E-state index >= 15 is 0 Å². The third kappa shape index (κ3) is 3.91. The molecule has 2 rings (SSSR count). The van der Waals surface area contributed by atoms with Gasteiger partial charge in [-0.1, -0.05) is 23.7 Å². The van der Waals surface area contributed by atoms with Gasteiger partial charge < -0.3 is 9.84 Å². The first-order valence-electron chi connectivity index (χ1n) is 6.55. The first kappa shape index (κ1) is 16.6. The highest BCUT2D eigenvalue weighted by Crippen LogP contribution is 2.26. The Hall–Kier alpha value is -1.76.